The summed E-state index contributed by atoms with van der Waals surface area (Å²) in [5.41, 5.74) is 3.62. The molecule has 5 aliphatic heterocycles. The molecule has 0 saturated carbocycles. The molecule has 5 aliphatic rings. The van der Waals surface area contributed by atoms with Crippen molar-refractivity contribution >= 4 is 11.7 Å². The van der Waals surface area contributed by atoms with Crippen LogP contribution < -0.4 is 4.90 Å². The van der Waals surface area contributed by atoms with Crippen LogP contribution in [0.15, 0.2) is 35.9 Å². The molecule has 5 heterocycles. The van der Waals surface area contributed by atoms with Crippen molar-refractivity contribution in [2.75, 3.05) is 31.8 Å². The monoisotopic (exact) mass is 368 g/mol. The highest BCUT2D eigenvalue weighted by Crippen LogP contribution is 2.62. The van der Waals surface area contributed by atoms with Crippen LogP contribution in [0.2, 0.25) is 0 Å². The number of ether oxygens (including phenoxy) is 3. The van der Waals surface area contributed by atoms with Gasteiger partial charge in [-0.3, -0.25) is 4.90 Å². The highest BCUT2D eigenvalue weighted by molar-refractivity contribution is 5.80. The third kappa shape index (κ3) is 1.67. The zero-order valence-corrected chi connectivity index (χ0v) is 15.7. The first-order valence-corrected chi connectivity index (χ1v) is 9.81. The average Bonchev–Trinajstić information content (AvgIpc) is 3.21. The van der Waals surface area contributed by atoms with Gasteiger partial charge >= 0.3 is 5.97 Å². The molecule has 142 valence electrons. The number of fused-ring (bicyclic) bond motifs is 5. The third-order valence-corrected chi connectivity index (χ3v) is 7.58. The van der Waals surface area contributed by atoms with Crippen molar-refractivity contribution in [1.82, 2.24) is 4.90 Å². The molecule has 0 amide bonds. The van der Waals surface area contributed by atoms with Crippen molar-refractivity contribution in [1.29, 1.82) is 0 Å². The Labute approximate surface area is 158 Å². The lowest BCUT2D eigenvalue weighted by Crippen LogP contribution is -2.63. The summed E-state index contributed by atoms with van der Waals surface area (Å²) in [6.45, 7) is 4.32. The summed E-state index contributed by atoms with van der Waals surface area (Å²) < 4.78 is 18.1. The third-order valence-electron chi connectivity index (χ3n) is 7.58. The first kappa shape index (κ1) is 16.1. The van der Waals surface area contributed by atoms with E-state index in [-0.39, 0.29) is 17.6 Å². The molecule has 0 aromatic heterocycles. The maximum atomic E-state index is 13.0. The predicted molar refractivity (Wildman–Crippen MR) is 98.0 cm³/mol. The number of piperidine rings is 1. The molecular weight excluding hydrogens is 344 g/mol. The van der Waals surface area contributed by atoms with Gasteiger partial charge in [0.05, 0.1) is 12.5 Å². The van der Waals surface area contributed by atoms with Gasteiger partial charge in [-0.25, -0.2) is 4.79 Å². The van der Waals surface area contributed by atoms with Crippen LogP contribution in [-0.4, -0.2) is 55.9 Å². The summed E-state index contributed by atoms with van der Waals surface area (Å²) in [6.07, 6.45) is 3.83. The molecule has 1 aromatic rings. The molecule has 4 fully saturated rings. The quantitative estimate of drug-likeness (QED) is 0.558. The van der Waals surface area contributed by atoms with E-state index in [0.29, 0.717) is 12.8 Å². The second-order valence-electron chi connectivity index (χ2n) is 8.32. The van der Waals surface area contributed by atoms with E-state index in [4.69, 9.17) is 14.2 Å². The van der Waals surface area contributed by atoms with Crippen molar-refractivity contribution < 1.29 is 19.0 Å². The number of para-hydroxylation sites is 1. The van der Waals surface area contributed by atoms with Crippen molar-refractivity contribution in [2.45, 2.75) is 43.2 Å². The number of benzene rings is 1. The number of carbonyl (C=O) groups is 1. The van der Waals surface area contributed by atoms with Crippen LogP contribution in [0.4, 0.5) is 5.69 Å². The van der Waals surface area contributed by atoms with Crippen molar-refractivity contribution in [2.24, 2.45) is 5.92 Å². The Bertz CT molecular complexity index is 869. The van der Waals surface area contributed by atoms with E-state index in [1.165, 1.54) is 23.9 Å². The van der Waals surface area contributed by atoms with Gasteiger partial charge in [0.15, 0.2) is 0 Å². The molecule has 1 aromatic carbocycles. The fourth-order valence-corrected chi connectivity index (χ4v) is 6.44. The Morgan fingerprint density at radius 2 is 2.22 bits per heavy atom. The van der Waals surface area contributed by atoms with Gasteiger partial charge in [0.25, 0.3) is 5.79 Å². The number of anilines is 1. The number of esters is 1. The zero-order valence-electron chi connectivity index (χ0n) is 15.7. The molecule has 4 bridgehead atoms. The number of hydrogen-bond acceptors (Lipinski definition) is 6. The first-order chi connectivity index (χ1) is 13.2. The van der Waals surface area contributed by atoms with Gasteiger partial charge in [0.2, 0.25) is 0 Å². The minimum absolute atomic E-state index is 0.105. The SMILES string of the molecule is C/C=C1/CN2CC[C@@]34c5ccccc5N5CO[C@@](C(=O)OC)(O[C@@H]53)[C@@H]1C[C@@H]24. The van der Waals surface area contributed by atoms with Crippen LogP contribution in [0.5, 0.6) is 0 Å². The summed E-state index contributed by atoms with van der Waals surface area (Å²) in [7, 11) is 1.42. The zero-order chi connectivity index (χ0) is 18.4. The molecule has 27 heavy (non-hydrogen) atoms. The van der Waals surface area contributed by atoms with Crippen LogP contribution in [-0.2, 0) is 24.4 Å². The standard InChI is InChI=1S/C21H24N2O4/c1-3-13-11-22-9-8-20-14-6-4-5-7-16(14)23-12-26-21(19(24)25-2,27-18(20)23)15(13)10-17(20)22/h3-7,15,17-18H,8-12H2,1-2H3/b13-3-/t15-,17-,18-,20+,21-/m1/s1. The maximum Gasteiger partial charge on any atom is 0.367 e. The Morgan fingerprint density at radius 3 is 3.04 bits per heavy atom. The molecule has 6 nitrogen and oxygen atoms in total. The highest BCUT2D eigenvalue weighted by Gasteiger charge is 2.71. The average molecular weight is 368 g/mol. The Balaban J connectivity index is 1.62. The fraction of sp³-hybridized carbons (Fsp3) is 0.571. The van der Waals surface area contributed by atoms with E-state index >= 15 is 0 Å². The second-order valence-corrected chi connectivity index (χ2v) is 8.32. The Morgan fingerprint density at radius 1 is 1.37 bits per heavy atom. The summed E-state index contributed by atoms with van der Waals surface area (Å²) in [4.78, 5) is 17.8. The van der Waals surface area contributed by atoms with Gasteiger partial charge in [0, 0.05) is 24.2 Å². The van der Waals surface area contributed by atoms with Crippen LogP contribution in [0, 0.1) is 5.92 Å². The largest absolute Gasteiger partial charge is 0.465 e. The fourth-order valence-electron chi connectivity index (χ4n) is 6.44. The summed E-state index contributed by atoms with van der Waals surface area (Å²) >= 11 is 0. The lowest BCUT2D eigenvalue weighted by Gasteiger charge is -2.47. The molecule has 4 saturated heterocycles. The number of rotatable bonds is 1. The molecule has 5 atom stereocenters. The maximum absolute atomic E-state index is 13.0. The number of carbonyl (C=O) groups excluding carboxylic acids is 1. The highest BCUT2D eigenvalue weighted by atomic mass is 16.8. The van der Waals surface area contributed by atoms with Gasteiger partial charge in [-0.1, -0.05) is 29.8 Å². The van der Waals surface area contributed by atoms with Crippen LogP contribution >= 0.6 is 0 Å². The van der Waals surface area contributed by atoms with Crippen LogP contribution in [0.3, 0.4) is 0 Å². The lowest BCUT2D eigenvalue weighted by atomic mass is 9.69. The molecule has 6 heteroatoms. The van der Waals surface area contributed by atoms with Gasteiger partial charge in [-0.05, 0) is 37.9 Å². The van der Waals surface area contributed by atoms with Gasteiger partial charge in [-0.2, -0.15) is 0 Å². The van der Waals surface area contributed by atoms with Gasteiger partial charge in [-0.15, -0.1) is 0 Å². The van der Waals surface area contributed by atoms with Crippen LogP contribution in [0.1, 0.15) is 25.3 Å². The Kier molecular flexibility index (Phi) is 3.06. The topological polar surface area (TPSA) is 51.2 Å². The van der Waals surface area contributed by atoms with E-state index < -0.39 is 11.8 Å². The number of methoxy groups -OCH3 is 1. The van der Waals surface area contributed by atoms with Gasteiger partial charge in [0.1, 0.15) is 13.0 Å². The number of nitrogens with zero attached hydrogens (tertiary/aromatic N) is 2. The molecule has 1 spiro atoms. The van der Waals surface area contributed by atoms with Gasteiger partial charge < -0.3 is 19.1 Å². The summed E-state index contributed by atoms with van der Waals surface area (Å²) in [6, 6.07) is 8.92. The number of allylic oxidation sites excluding steroid dienone is 1. The predicted octanol–water partition coefficient (Wildman–Crippen LogP) is 2.00. The van der Waals surface area contributed by atoms with Crippen molar-refractivity contribution in [3.05, 3.63) is 41.5 Å². The molecule has 0 aliphatic carbocycles. The minimum Gasteiger partial charge on any atom is -0.465 e. The normalized spacial score (nSPS) is 42.8. The van der Waals surface area contributed by atoms with Crippen LogP contribution in [0.25, 0.3) is 0 Å². The molecule has 0 radical (unpaired) electrons. The first-order valence-electron chi connectivity index (χ1n) is 9.81. The smallest absolute Gasteiger partial charge is 0.367 e. The number of hydrogen-bond donors (Lipinski definition) is 0. The van der Waals surface area contributed by atoms with E-state index in [9.17, 15) is 4.79 Å². The molecular formula is C21H24N2O4. The van der Waals surface area contributed by atoms with E-state index in [1.807, 2.05) is 6.92 Å². The van der Waals surface area contributed by atoms with Crippen molar-refractivity contribution in [3.63, 3.8) is 0 Å². The van der Waals surface area contributed by atoms with Crippen molar-refractivity contribution in [3.8, 4) is 0 Å². The molecule has 6 rings (SSSR count). The molecule has 0 N–H and O–H groups in total. The molecule has 0 unspecified atom stereocenters. The van der Waals surface area contributed by atoms with E-state index in [1.54, 1.807) is 0 Å². The minimum atomic E-state index is -1.34. The summed E-state index contributed by atoms with van der Waals surface area (Å²) in [5, 5.41) is 0. The Hall–Kier alpha value is -1.89. The van der Waals surface area contributed by atoms with E-state index in [0.717, 1.165) is 25.9 Å². The lowest BCUT2D eigenvalue weighted by molar-refractivity contribution is -0.303. The van der Waals surface area contributed by atoms with E-state index in [2.05, 4.69) is 40.1 Å². The second kappa shape index (κ2) is 5.13. The summed E-state index contributed by atoms with van der Waals surface area (Å²) in [5.74, 6) is -1.86.